The Labute approximate surface area is 123 Å². The van der Waals surface area contributed by atoms with Gasteiger partial charge in [0.25, 0.3) is 0 Å². The quantitative estimate of drug-likeness (QED) is 0.853. The van der Waals surface area contributed by atoms with Gasteiger partial charge in [-0.15, -0.1) is 0 Å². The maximum absolute atomic E-state index is 12.3. The molecule has 106 valence electrons. The largest absolute Gasteiger partial charge is 0.460 e. The molecule has 2 unspecified atom stereocenters. The lowest BCUT2D eigenvalue weighted by Crippen LogP contribution is -2.33. The van der Waals surface area contributed by atoms with E-state index in [4.69, 9.17) is 15.7 Å². The molecule has 2 N–H and O–H groups in total. The maximum Gasteiger partial charge on any atom is 0.316 e. The van der Waals surface area contributed by atoms with Crippen LogP contribution in [-0.2, 0) is 16.1 Å². The van der Waals surface area contributed by atoms with E-state index in [1.165, 1.54) is 0 Å². The van der Waals surface area contributed by atoms with Crippen LogP contribution in [0, 0.1) is 11.3 Å². The van der Waals surface area contributed by atoms with E-state index in [9.17, 15) is 4.79 Å². The number of nitriles is 1. The molecule has 2 aromatic carbocycles. The molecule has 0 saturated carbocycles. The topological polar surface area (TPSA) is 76.1 Å². The first-order valence-corrected chi connectivity index (χ1v) is 6.63. The van der Waals surface area contributed by atoms with E-state index in [2.05, 4.69) is 0 Å². The smallest absolute Gasteiger partial charge is 0.316 e. The predicted molar refractivity (Wildman–Crippen MR) is 79.0 cm³/mol. The molecule has 0 heterocycles. The minimum Gasteiger partial charge on any atom is -0.460 e. The van der Waals surface area contributed by atoms with Crippen LogP contribution in [0.1, 0.15) is 17.0 Å². The normalized spacial score (nSPS) is 13.0. The third-order valence-electron chi connectivity index (χ3n) is 3.14. The van der Waals surface area contributed by atoms with Gasteiger partial charge in [-0.2, -0.15) is 5.26 Å². The Morgan fingerprint density at radius 3 is 2.24 bits per heavy atom. The zero-order valence-electron chi connectivity index (χ0n) is 11.5. The van der Waals surface area contributed by atoms with E-state index in [-0.39, 0.29) is 6.61 Å². The molecule has 0 aliphatic rings. The van der Waals surface area contributed by atoms with Gasteiger partial charge in [-0.1, -0.05) is 60.7 Å². The Kier molecular flexibility index (Phi) is 5.08. The summed E-state index contributed by atoms with van der Waals surface area (Å²) in [7, 11) is 0. The van der Waals surface area contributed by atoms with Crippen molar-refractivity contribution in [2.24, 2.45) is 5.73 Å². The number of nitrogens with zero attached hydrogens (tertiary/aromatic N) is 1. The fourth-order valence-electron chi connectivity index (χ4n) is 2.04. The molecule has 2 rings (SSSR count). The van der Waals surface area contributed by atoms with Gasteiger partial charge in [0.15, 0.2) is 0 Å². The van der Waals surface area contributed by atoms with Crippen molar-refractivity contribution in [3.05, 3.63) is 71.8 Å². The molecule has 0 saturated heterocycles. The SMILES string of the molecule is N#CC(N)C(C(=O)OCc1ccccc1)c1ccccc1. The van der Waals surface area contributed by atoms with Crippen molar-refractivity contribution in [1.82, 2.24) is 0 Å². The second-order valence-corrected chi connectivity index (χ2v) is 4.64. The van der Waals surface area contributed by atoms with Crippen LogP contribution in [-0.4, -0.2) is 12.0 Å². The fraction of sp³-hybridized carbons (Fsp3) is 0.176. The first-order chi connectivity index (χ1) is 10.2. The summed E-state index contributed by atoms with van der Waals surface area (Å²) in [6.07, 6.45) is 0. The number of hydrogen-bond acceptors (Lipinski definition) is 4. The molecule has 0 amide bonds. The van der Waals surface area contributed by atoms with Crippen LogP contribution in [0.25, 0.3) is 0 Å². The van der Waals surface area contributed by atoms with Crippen molar-refractivity contribution < 1.29 is 9.53 Å². The zero-order chi connectivity index (χ0) is 15.1. The van der Waals surface area contributed by atoms with Gasteiger partial charge in [0.05, 0.1) is 6.07 Å². The van der Waals surface area contributed by atoms with E-state index >= 15 is 0 Å². The average Bonchev–Trinajstić information content (AvgIpc) is 2.55. The third kappa shape index (κ3) is 3.91. The minimum absolute atomic E-state index is 0.168. The van der Waals surface area contributed by atoms with Crippen molar-refractivity contribution in [2.75, 3.05) is 0 Å². The van der Waals surface area contributed by atoms with Crippen molar-refractivity contribution in [1.29, 1.82) is 5.26 Å². The van der Waals surface area contributed by atoms with Crippen LogP contribution in [0.3, 0.4) is 0 Å². The molecule has 21 heavy (non-hydrogen) atoms. The Bertz CT molecular complexity index is 620. The van der Waals surface area contributed by atoms with E-state index in [0.717, 1.165) is 5.56 Å². The van der Waals surface area contributed by atoms with Crippen LogP contribution in [0.15, 0.2) is 60.7 Å². The van der Waals surface area contributed by atoms with Crippen molar-refractivity contribution in [2.45, 2.75) is 18.6 Å². The van der Waals surface area contributed by atoms with Crippen LogP contribution in [0.2, 0.25) is 0 Å². The van der Waals surface area contributed by atoms with Crippen LogP contribution < -0.4 is 5.73 Å². The summed E-state index contributed by atoms with van der Waals surface area (Å²) in [5.74, 6) is -1.26. The number of nitrogens with two attached hydrogens (primary N) is 1. The van der Waals surface area contributed by atoms with Crippen molar-refractivity contribution in [3.63, 3.8) is 0 Å². The van der Waals surface area contributed by atoms with Crippen LogP contribution in [0.4, 0.5) is 0 Å². The number of benzene rings is 2. The molecular weight excluding hydrogens is 264 g/mol. The summed E-state index contributed by atoms with van der Waals surface area (Å²) in [6, 6.07) is 19.4. The summed E-state index contributed by atoms with van der Waals surface area (Å²) in [5.41, 5.74) is 7.33. The summed E-state index contributed by atoms with van der Waals surface area (Å²) in [6.45, 7) is 0.168. The first kappa shape index (κ1) is 14.8. The van der Waals surface area contributed by atoms with Crippen molar-refractivity contribution >= 4 is 5.97 Å². The minimum atomic E-state index is -0.935. The lowest BCUT2D eigenvalue weighted by atomic mass is 9.93. The van der Waals surface area contributed by atoms with E-state index in [1.54, 1.807) is 24.3 Å². The first-order valence-electron chi connectivity index (χ1n) is 6.63. The predicted octanol–water partition coefficient (Wildman–Crippen LogP) is 2.36. The van der Waals surface area contributed by atoms with Crippen LogP contribution >= 0.6 is 0 Å². The van der Waals surface area contributed by atoms with E-state index in [0.29, 0.717) is 5.56 Å². The number of hydrogen-bond donors (Lipinski definition) is 1. The van der Waals surface area contributed by atoms with Gasteiger partial charge in [0.2, 0.25) is 0 Å². The lowest BCUT2D eigenvalue weighted by Gasteiger charge is -2.18. The highest BCUT2D eigenvalue weighted by molar-refractivity contribution is 5.79. The molecule has 2 aromatic rings. The zero-order valence-corrected chi connectivity index (χ0v) is 11.5. The van der Waals surface area contributed by atoms with Crippen LogP contribution in [0.5, 0.6) is 0 Å². The molecule has 0 radical (unpaired) electrons. The van der Waals surface area contributed by atoms with Gasteiger partial charge in [0, 0.05) is 0 Å². The van der Waals surface area contributed by atoms with Gasteiger partial charge in [-0.3, -0.25) is 4.79 Å². The Morgan fingerprint density at radius 2 is 1.67 bits per heavy atom. The number of esters is 1. The molecule has 0 aliphatic carbocycles. The Balaban J connectivity index is 2.11. The van der Waals surface area contributed by atoms with E-state index in [1.807, 2.05) is 42.5 Å². The molecule has 0 bridgehead atoms. The number of rotatable bonds is 5. The van der Waals surface area contributed by atoms with Gasteiger partial charge >= 0.3 is 5.97 Å². The highest BCUT2D eigenvalue weighted by Crippen LogP contribution is 2.21. The lowest BCUT2D eigenvalue weighted by molar-refractivity contribution is -0.147. The molecule has 4 nitrogen and oxygen atoms in total. The van der Waals surface area contributed by atoms with Gasteiger partial charge in [0.1, 0.15) is 18.6 Å². The summed E-state index contributed by atoms with van der Waals surface area (Å²) < 4.78 is 5.30. The molecule has 0 fully saturated rings. The molecule has 0 aliphatic heterocycles. The fourth-order valence-corrected chi connectivity index (χ4v) is 2.04. The molecule has 2 atom stereocenters. The number of carbonyl (C=O) groups is 1. The highest BCUT2D eigenvalue weighted by Gasteiger charge is 2.28. The Morgan fingerprint density at radius 1 is 1.10 bits per heavy atom. The third-order valence-corrected chi connectivity index (χ3v) is 3.14. The van der Waals surface area contributed by atoms with Gasteiger partial charge in [-0.05, 0) is 11.1 Å². The van der Waals surface area contributed by atoms with Gasteiger partial charge in [-0.25, -0.2) is 0 Å². The Hall–Kier alpha value is -2.64. The molecule has 4 heteroatoms. The van der Waals surface area contributed by atoms with E-state index < -0.39 is 17.9 Å². The maximum atomic E-state index is 12.3. The van der Waals surface area contributed by atoms with Gasteiger partial charge < -0.3 is 10.5 Å². The molecule has 0 spiro atoms. The number of carbonyl (C=O) groups excluding carboxylic acids is 1. The second kappa shape index (κ2) is 7.22. The summed E-state index contributed by atoms with van der Waals surface area (Å²) in [5, 5.41) is 9.02. The standard InChI is InChI=1S/C17H16N2O2/c18-11-15(19)16(14-9-5-2-6-10-14)17(20)21-12-13-7-3-1-4-8-13/h1-10,15-16H,12,19H2. The molecule has 0 aromatic heterocycles. The monoisotopic (exact) mass is 280 g/mol. The average molecular weight is 280 g/mol. The second-order valence-electron chi connectivity index (χ2n) is 4.64. The summed E-state index contributed by atoms with van der Waals surface area (Å²) >= 11 is 0. The summed E-state index contributed by atoms with van der Waals surface area (Å²) in [4.78, 5) is 12.3. The highest BCUT2D eigenvalue weighted by atomic mass is 16.5. The van der Waals surface area contributed by atoms with Crippen molar-refractivity contribution in [3.8, 4) is 6.07 Å². The number of ether oxygens (including phenoxy) is 1. The molecular formula is C17H16N2O2.